The highest BCUT2D eigenvalue weighted by Gasteiger charge is 2.31. The number of hydrogen-bond acceptors (Lipinski definition) is 6. The van der Waals surface area contributed by atoms with E-state index in [1.165, 1.54) is 4.31 Å². The maximum atomic E-state index is 13.3. The number of nitrogens with zero attached hydrogens (tertiary/aromatic N) is 3. The Hall–Kier alpha value is -2.62. The summed E-state index contributed by atoms with van der Waals surface area (Å²) in [4.78, 5) is 28.1. The fourth-order valence-electron chi connectivity index (χ4n) is 4.38. The van der Waals surface area contributed by atoms with Crippen LogP contribution in [0.4, 0.5) is 11.4 Å². The number of carbonyl (C=O) groups excluding carboxylic acids is 2. The summed E-state index contributed by atoms with van der Waals surface area (Å²) in [6.45, 7) is 4.39. The number of amides is 1. The number of sulfonamides is 1. The summed E-state index contributed by atoms with van der Waals surface area (Å²) in [5, 5.41) is 0.652. The van der Waals surface area contributed by atoms with Gasteiger partial charge in [-0.05, 0) is 55.3 Å². The summed E-state index contributed by atoms with van der Waals surface area (Å²) in [6.07, 6.45) is 0.674. The van der Waals surface area contributed by atoms with Gasteiger partial charge in [0.15, 0.2) is 0 Å². The monoisotopic (exact) mass is 505 g/mol. The van der Waals surface area contributed by atoms with Gasteiger partial charge in [0.05, 0.1) is 17.9 Å². The van der Waals surface area contributed by atoms with Crippen LogP contribution in [-0.2, 0) is 30.8 Å². The Bertz CT molecular complexity index is 1180. The van der Waals surface area contributed by atoms with Crippen LogP contribution in [0.1, 0.15) is 25.3 Å². The Labute approximate surface area is 205 Å². The van der Waals surface area contributed by atoms with E-state index in [1.807, 2.05) is 24.3 Å². The number of carbonyl (C=O) groups is 2. The van der Waals surface area contributed by atoms with Crippen molar-refractivity contribution in [1.82, 2.24) is 4.31 Å². The minimum Gasteiger partial charge on any atom is -0.466 e. The molecule has 2 aromatic carbocycles. The van der Waals surface area contributed by atoms with E-state index in [-0.39, 0.29) is 30.3 Å². The highest BCUT2D eigenvalue weighted by Crippen LogP contribution is 2.32. The molecular formula is C24H28ClN3O5S. The molecule has 10 heteroatoms. The highest BCUT2D eigenvalue weighted by atomic mass is 35.5. The fourth-order valence-corrected chi connectivity index (χ4v) is 6.04. The molecule has 0 aromatic heterocycles. The maximum Gasteiger partial charge on any atom is 0.306 e. The Balaban J connectivity index is 1.41. The van der Waals surface area contributed by atoms with Crippen LogP contribution in [0.3, 0.4) is 0 Å². The second-order valence-electron chi connectivity index (χ2n) is 8.26. The lowest BCUT2D eigenvalue weighted by molar-refractivity contribution is -0.144. The van der Waals surface area contributed by atoms with Gasteiger partial charge in [0.25, 0.3) is 0 Å². The molecule has 2 aliphatic heterocycles. The van der Waals surface area contributed by atoms with E-state index in [1.54, 1.807) is 30.0 Å². The number of anilines is 2. The van der Waals surface area contributed by atoms with Crippen LogP contribution in [0.5, 0.6) is 0 Å². The van der Waals surface area contributed by atoms with Crippen LogP contribution in [0.15, 0.2) is 47.4 Å². The van der Waals surface area contributed by atoms with Crippen LogP contribution in [0, 0.1) is 0 Å². The Kier molecular flexibility index (Phi) is 7.45. The molecule has 1 amide bonds. The van der Waals surface area contributed by atoms with Gasteiger partial charge in [0.2, 0.25) is 15.9 Å². The summed E-state index contributed by atoms with van der Waals surface area (Å²) in [5.41, 5.74) is 2.51. The summed E-state index contributed by atoms with van der Waals surface area (Å²) >= 11 is 6.09. The van der Waals surface area contributed by atoms with E-state index in [2.05, 4.69) is 4.90 Å². The summed E-state index contributed by atoms with van der Waals surface area (Å²) in [7, 11) is -3.65. The van der Waals surface area contributed by atoms with E-state index >= 15 is 0 Å². The zero-order valence-electron chi connectivity index (χ0n) is 19.1. The predicted octanol–water partition coefficient (Wildman–Crippen LogP) is 3.08. The molecule has 0 unspecified atom stereocenters. The van der Waals surface area contributed by atoms with E-state index in [4.69, 9.17) is 16.3 Å². The summed E-state index contributed by atoms with van der Waals surface area (Å²) in [6, 6.07) is 12.5. The fraction of sp³-hybridized carbons (Fsp3) is 0.417. The van der Waals surface area contributed by atoms with Crippen LogP contribution < -0.4 is 9.80 Å². The summed E-state index contributed by atoms with van der Waals surface area (Å²) < 4.78 is 33.0. The second-order valence-corrected chi connectivity index (χ2v) is 10.6. The van der Waals surface area contributed by atoms with E-state index in [9.17, 15) is 18.0 Å². The molecule has 0 radical (unpaired) electrons. The molecule has 8 nitrogen and oxygen atoms in total. The molecule has 1 saturated heterocycles. The molecule has 0 atom stereocenters. The van der Waals surface area contributed by atoms with Crippen LogP contribution in [0.2, 0.25) is 5.02 Å². The average Bonchev–Trinajstić information content (AvgIpc) is 3.26. The van der Waals surface area contributed by atoms with Crippen molar-refractivity contribution < 1.29 is 22.7 Å². The minimum absolute atomic E-state index is 0.0339. The van der Waals surface area contributed by atoms with Gasteiger partial charge in [-0.3, -0.25) is 9.59 Å². The number of esters is 1. The average molecular weight is 506 g/mol. The number of rotatable bonds is 7. The first kappa shape index (κ1) is 24.5. The van der Waals surface area contributed by atoms with Gasteiger partial charge in [-0.1, -0.05) is 17.7 Å². The van der Waals surface area contributed by atoms with Gasteiger partial charge >= 0.3 is 5.97 Å². The Morgan fingerprint density at radius 1 is 1.00 bits per heavy atom. The van der Waals surface area contributed by atoms with Crippen molar-refractivity contribution in [2.24, 2.45) is 0 Å². The van der Waals surface area contributed by atoms with Gasteiger partial charge in [0.1, 0.15) is 0 Å². The van der Waals surface area contributed by atoms with Gasteiger partial charge in [-0.2, -0.15) is 4.31 Å². The molecule has 34 heavy (non-hydrogen) atoms. The second kappa shape index (κ2) is 10.3. The lowest BCUT2D eigenvalue weighted by Crippen LogP contribution is -2.48. The number of fused-ring (bicyclic) bond motifs is 1. The standard InChI is InChI=1S/C24H28ClN3O5S/c1-2-33-24(30)9-8-23(29)28-11-10-18-16-21(6-7-22(18)28)34(31,32)27-14-12-26(13-15-27)20-5-3-4-19(25)17-20/h3-7,16-17H,2,8-15H2,1H3. The van der Waals surface area contributed by atoms with E-state index in [0.717, 1.165) is 11.3 Å². The lowest BCUT2D eigenvalue weighted by Gasteiger charge is -2.35. The third kappa shape index (κ3) is 5.21. The summed E-state index contributed by atoms with van der Waals surface area (Å²) in [5.74, 6) is -0.563. The van der Waals surface area contributed by atoms with Gasteiger partial charge < -0.3 is 14.5 Å². The number of benzene rings is 2. The van der Waals surface area contributed by atoms with Crippen molar-refractivity contribution >= 4 is 44.9 Å². The topological polar surface area (TPSA) is 87.2 Å². The van der Waals surface area contributed by atoms with Gasteiger partial charge in [0, 0.05) is 55.5 Å². The first-order chi connectivity index (χ1) is 16.3. The number of ether oxygens (including phenoxy) is 1. The zero-order valence-corrected chi connectivity index (χ0v) is 20.6. The van der Waals surface area contributed by atoms with Crippen molar-refractivity contribution in [3.8, 4) is 0 Å². The molecule has 2 aliphatic rings. The van der Waals surface area contributed by atoms with Crippen LogP contribution in [-0.4, -0.2) is 63.9 Å². The van der Waals surface area contributed by atoms with Crippen molar-refractivity contribution in [3.63, 3.8) is 0 Å². The minimum atomic E-state index is -3.65. The normalized spacial score (nSPS) is 16.4. The molecule has 0 N–H and O–H groups in total. The molecule has 0 saturated carbocycles. The molecule has 2 aromatic rings. The molecule has 0 aliphatic carbocycles. The Morgan fingerprint density at radius 2 is 1.76 bits per heavy atom. The van der Waals surface area contributed by atoms with Gasteiger partial charge in [-0.15, -0.1) is 0 Å². The first-order valence-electron chi connectivity index (χ1n) is 11.4. The first-order valence-corrected chi connectivity index (χ1v) is 13.2. The third-order valence-electron chi connectivity index (χ3n) is 6.15. The number of piperazine rings is 1. The maximum absolute atomic E-state index is 13.3. The quantitative estimate of drug-likeness (QED) is 0.537. The third-order valence-corrected chi connectivity index (χ3v) is 8.28. The molecular weight excluding hydrogens is 478 g/mol. The lowest BCUT2D eigenvalue weighted by atomic mass is 10.2. The molecule has 182 valence electrons. The smallest absolute Gasteiger partial charge is 0.306 e. The predicted molar refractivity (Wildman–Crippen MR) is 131 cm³/mol. The molecule has 2 heterocycles. The van der Waals surface area contributed by atoms with Crippen molar-refractivity contribution in [1.29, 1.82) is 0 Å². The highest BCUT2D eigenvalue weighted by molar-refractivity contribution is 7.89. The zero-order chi connectivity index (χ0) is 24.3. The van der Waals surface area contributed by atoms with Gasteiger partial charge in [-0.25, -0.2) is 8.42 Å². The molecule has 1 fully saturated rings. The largest absolute Gasteiger partial charge is 0.466 e. The van der Waals surface area contributed by atoms with Crippen LogP contribution >= 0.6 is 11.6 Å². The molecule has 0 spiro atoms. The molecule has 4 rings (SSSR count). The van der Waals surface area contributed by atoms with Crippen LogP contribution in [0.25, 0.3) is 0 Å². The van der Waals surface area contributed by atoms with E-state index < -0.39 is 16.0 Å². The SMILES string of the molecule is CCOC(=O)CCC(=O)N1CCc2cc(S(=O)(=O)N3CCN(c4cccc(Cl)c4)CC3)ccc21. The number of halogens is 1. The van der Waals surface area contributed by atoms with Crippen molar-refractivity contribution in [3.05, 3.63) is 53.1 Å². The van der Waals surface area contributed by atoms with Crippen molar-refractivity contribution in [2.75, 3.05) is 49.1 Å². The van der Waals surface area contributed by atoms with E-state index in [0.29, 0.717) is 49.9 Å². The van der Waals surface area contributed by atoms with Crippen molar-refractivity contribution in [2.45, 2.75) is 31.1 Å². The number of hydrogen-bond donors (Lipinski definition) is 0. The Morgan fingerprint density at radius 3 is 2.47 bits per heavy atom. The molecule has 0 bridgehead atoms.